The first kappa shape index (κ1) is 18.0. The second kappa shape index (κ2) is 7.31. The van der Waals surface area contributed by atoms with Crippen molar-refractivity contribution in [3.05, 3.63) is 94.8 Å². The van der Waals surface area contributed by atoms with Gasteiger partial charge in [0.1, 0.15) is 17.1 Å². The van der Waals surface area contributed by atoms with Crippen LogP contribution in [0.5, 0.6) is 5.75 Å². The third-order valence-electron chi connectivity index (χ3n) is 5.07. The van der Waals surface area contributed by atoms with Gasteiger partial charge in [0.2, 0.25) is 0 Å². The number of phenolic OH excluding ortho intramolecular Hbond substituents is 1. The van der Waals surface area contributed by atoms with Gasteiger partial charge in [-0.1, -0.05) is 42.0 Å². The number of phenols is 1. The minimum Gasteiger partial charge on any atom is -0.505 e. The molecular formula is C24H23N3O. The molecule has 2 N–H and O–H groups in total. The molecule has 1 atom stereocenters. The zero-order valence-electron chi connectivity index (χ0n) is 16.3. The van der Waals surface area contributed by atoms with Gasteiger partial charge in [0.25, 0.3) is 0 Å². The summed E-state index contributed by atoms with van der Waals surface area (Å²) in [6.07, 6.45) is 3.46. The average Bonchev–Trinajstić information content (AvgIpc) is 2.68. The standard InChI is InChI=1S/C24H23N3O/c1-15-13-16(2)21(17(3)14-15)23(27-20-8-4-5-11-25-20)19-10-9-18-7-6-12-26-22(18)24(19)28/h4-14,23,28H,1-3H3,(H,25,27)/t23-/m1/s1. The van der Waals surface area contributed by atoms with Crippen LogP contribution in [-0.2, 0) is 0 Å². The number of aryl methyl sites for hydroxylation is 3. The summed E-state index contributed by atoms with van der Waals surface area (Å²) in [4.78, 5) is 8.82. The van der Waals surface area contributed by atoms with E-state index in [1.54, 1.807) is 12.4 Å². The Bertz CT molecular complexity index is 1120. The van der Waals surface area contributed by atoms with E-state index in [1.165, 1.54) is 16.7 Å². The number of aromatic nitrogens is 2. The van der Waals surface area contributed by atoms with Gasteiger partial charge in [0.15, 0.2) is 0 Å². The lowest BCUT2D eigenvalue weighted by Gasteiger charge is -2.25. The highest BCUT2D eigenvalue weighted by Gasteiger charge is 2.23. The molecule has 4 nitrogen and oxygen atoms in total. The van der Waals surface area contributed by atoms with Crippen molar-refractivity contribution in [2.24, 2.45) is 0 Å². The maximum absolute atomic E-state index is 11.1. The molecular weight excluding hydrogens is 346 g/mol. The van der Waals surface area contributed by atoms with E-state index in [-0.39, 0.29) is 11.8 Å². The summed E-state index contributed by atoms with van der Waals surface area (Å²) >= 11 is 0. The summed E-state index contributed by atoms with van der Waals surface area (Å²) in [7, 11) is 0. The number of fused-ring (bicyclic) bond motifs is 1. The van der Waals surface area contributed by atoms with E-state index in [1.807, 2.05) is 42.5 Å². The topological polar surface area (TPSA) is 58.0 Å². The molecule has 0 amide bonds. The van der Waals surface area contributed by atoms with Crippen molar-refractivity contribution in [3.63, 3.8) is 0 Å². The number of nitrogens with one attached hydrogen (secondary N) is 1. The van der Waals surface area contributed by atoms with E-state index in [0.29, 0.717) is 5.52 Å². The highest BCUT2D eigenvalue weighted by Crippen LogP contribution is 2.38. The lowest BCUT2D eigenvalue weighted by atomic mass is 9.89. The molecule has 0 saturated heterocycles. The van der Waals surface area contributed by atoms with Crippen LogP contribution in [0.3, 0.4) is 0 Å². The molecule has 0 aliphatic heterocycles. The predicted molar refractivity (Wildman–Crippen MR) is 114 cm³/mol. The highest BCUT2D eigenvalue weighted by atomic mass is 16.3. The molecule has 4 rings (SSSR count). The summed E-state index contributed by atoms with van der Waals surface area (Å²) in [5.41, 5.74) is 6.10. The van der Waals surface area contributed by atoms with Crippen molar-refractivity contribution in [1.29, 1.82) is 0 Å². The van der Waals surface area contributed by atoms with Crippen LogP contribution in [0.2, 0.25) is 0 Å². The molecule has 0 radical (unpaired) electrons. The van der Waals surface area contributed by atoms with Crippen LogP contribution < -0.4 is 5.32 Å². The Hall–Kier alpha value is -3.40. The van der Waals surface area contributed by atoms with Crippen LogP contribution in [0.1, 0.15) is 33.9 Å². The Labute approximate surface area is 164 Å². The SMILES string of the molecule is Cc1cc(C)c([C@H](Nc2ccccn2)c2ccc3cccnc3c2O)c(C)c1. The molecule has 0 aliphatic carbocycles. The molecule has 28 heavy (non-hydrogen) atoms. The van der Waals surface area contributed by atoms with Gasteiger partial charge in [0, 0.05) is 23.3 Å². The molecule has 0 saturated carbocycles. The van der Waals surface area contributed by atoms with Crippen molar-refractivity contribution in [1.82, 2.24) is 9.97 Å². The third kappa shape index (κ3) is 3.29. The average molecular weight is 369 g/mol. The van der Waals surface area contributed by atoms with Crippen molar-refractivity contribution >= 4 is 16.7 Å². The van der Waals surface area contributed by atoms with Crippen molar-refractivity contribution in [2.45, 2.75) is 26.8 Å². The quantitative estimate of drug-likeness (QED) is 0.501. The zero-order valence-corrected chi connectivity index (χ0v) is 16.3. The second-order valence-corrected chi connectivity index (χ2v) is 7.18. The van der Waals surface area contributed by atoms with E-state index < -0.39 is 0 Å². The van der Waals surface area contributed by atoms with E-state index in [9.17, 15) is 5.11 Å². The number of hydrogen-bond acceptors (Lipinski definition) is 4. The molecule has 140 valence electrons. The Kier molecular flexibility index (Phi) is 4.70. The number of rotatable bonds is 4. The van der Waals surface area contributed by atoms with E-state index in [4.69, 9.17) is 0 Å². The number of nitrogens with zero attached hydrogens (tertiary/aromatic N) is 2. The predicted octanol–water partition coefficient (Wildman–Crippen LogP) is 5.46. The third-order valence-corrected chi connectivity index (χ3v) is 5.07. The van der Waals surface area contributed by atoms with E-state index in [2.05, 4.69) is 48.2 Å². The maximum Gasteiger partial charge on any atom is 0.147 e. The lowest BCUT2D eigenvalue weighted by molar-refractivity contribution is 0.471. The minimum atomic E-state index is -0.248. The Balaban J connectivity index is 1.93. The number of anilines is 1. The smallest absolute Gasteiger partial charge is 0.147 e. The van der Waals surface area contributed by atoms with Crippen LogP contribution in [0, 0.1) is 20.8 Å². The summed E-state index contributed by atoms with van der Waals surface area (Å²) in [6.45, 7) is 6.32. The molecule has 2 heterocycles. The first-order valence-electron chi connectivity index (χ1n) is 9.36. The molecule has 0 aliphatic rings. The fraction of sp³-hybridized carbons (Fsp3) is 0.167. The summed E-state index contributed by atoms with van der Waals surface area (Å²) in [5.74, 6) is 0.957. The van der Waals surface area contributed by atoms with Gasteiger partial charge < -0.3 is 10.4 Å². The van der Waals surface area contributed by atoms with Crippen LogP contribution in [0.15, 0.2) is 67.0 Å². The fourth-order valence-corrected chi connectivity index (χ4v) is 3.93. The van der Waals surface area contributed by atoms with Gasteiger partial charge in [0.05, 0.1) is 6.04 Å². The lowest BCUT2D eigenvalue weighted by Crippen LogP contribution is -2.16. The molecule has 2 aromatic heterocycles. The highest BCUT2D eigenvalue weighted by molar-refractivity contribution is 5.86. The van der Waals surface area contributed by atoms with Gasteiger partial charge in [-0.3, -0.25) is 4.98 Å². The molecule has 2 aromatic carbocycles. The van der Waals surface area contributed by atoms with E-state index in [0.717, 1.165) is 22.3 Å². The number of pyridine rings is 2. The molecule has 4 heteroatoms. The maximum atomic E-state index is 11.1. The zero-order chi connectivity index (χ0) is 19.7. The van der Waals surface area contributed by atoms with Crippen molar-refractivity contribution in [3.8, 4) is 5.75 Å². The molecule has 0 unspecified atom stereocenters. The summed E-state index contributed by atoms with van der Waals surface area (Å²) < 4.78 is 0. The largest absolute Gasteiger partial charge is 0.505 e. The van der Waals surface area contributed by atoms with Gasteiger partial charge in [-0.05, 0) is 55.7 Å². The Morgan fingerprint density at radius 2 is 1.61 bits per heavy atom. The van der Waals surface area contributed by atoms with Gasteiger partial charge in [-0.25, -0.2) is 4.98 Å². The second-order valence-electron chi connectivity index (χ2n) is 7.18. The van der Waals surface area contributed by atoms with Crippen LogP contribution in [0.4, 0.5) is 5.82 Å². The first-order chi connectivity index (χ1) is 13.5. The Morgan fingerprint density at radius 3 is 2.32 bits per heavy atom. The number of benzene rings is 2. The van der Waals surface area contributed by atoms with Crippen LogP contribution in [-0.4, -0.2) is 15.1 Å². The fourth-order valence-electron chi connectivity index (χ4n) is 3.93. The monoisotopic (exact) mass is 369 g/mol. The van der Waals surface area contributed by atoms with Crippen molar-refractivity contribution < 1.29 is 5.11 Å². The van der Waals surface area contributed by atoms with E-state index >= 15 is 0 Å². The van der Waals surface area contributed by atoms with Crippen molar-refractivity contribution in [2.75, 3.05) is 5.32 Å². The number of aromatic hydroxyl groups is 1. The normalized spacial score (nSPS) is 12.1. The first-order valence-corrected chi connectivity index (χ1v) is 9.36. The van der Waals surface area contributed by atoms with Crippen LogP contribution in [0.25, 0.3) is 10.9 Å². The van der Waals surface area contributed by atoms with Crippen LogP contribution >= 0.6 is 0 Å². The number of hydrogen-bond donors (Lipinski definition) is 2. The van der Waals surface area contributed by atoms with Gasteiger partial charge >= 0.3 is 0 Å². The van der Waals surface area contributed by atoms with Gasteiger partial charge in [-0.2, -0.15) is 0 Å². The minimum absolute atomic E-state index is 0.200. The molecule has 0 fully saturated rings. The summed E-state index contributed by atoms with van der Waals surface area (Å²) in [5, 5.41) is 15.5. The molecule has 0 bridgehead atoms. The van der Waals surface area contributed by atoms with Gasteiger partial charge in [-0.15, -0.1) is 0 Å². The molecule has 0 spiro atoms. The Morgan fingerprint density at radius 1 is 0.857 bits per heavy atom. The summed E-state index contributed by atoms with van der Waals surface area (Å²) in [6, 6.07) is 17.7. The molecule has 4 aromatic rings.